The predicted octanol–water partition coefficient (Wildman–Crippen LogP) is 7.62. The van der Waals surface area contributed by atoms with Gasteiger partial charge in [-0.05, 0) is 109 Å². The van der Waals surface area contributed by atoms with E-state index in [4.69, 9.17) is 9.47 Å². The molecule has 14 nitrogen and oxygen atoms in total. The number of hydrogen-bond acceptors (Lipinski definition) is 11. The highest BCUT2D eigenvalue weighted by atomic mass is 79.9. The molecular formula is C40H42BrN7O7S. The molecule has 3 aliphatic heterocycles. The first kappa shape index (κ1) is 37.7. The number of pyridine rings is 1. The van der Waals surface area contributed by atoms with Crippen LogP contribution in [0.4, 0.5) is 22.7 Å². The average molecular weight is 845 g/mol. The molecule has 56 heavy (non-hydrogen) atoms. The quantitative estimate of drug-likeness (QED) is 0.0882. The van der Waals surface area contributed by atoms with Gasteiger partial charge < -0.3 is 29.6 Å². The lowest BCUT2D eigenvalue weighted by Gasteiger charge is -2.47. The molecule has 5 heterocycles. The van der Waals surface area contributed by atoms with Gasteiger partial charge in [0, 0.05) is 78.8 Å². The number of benzene rings is 3. The van der Waals surface area contributed by atoms with Crippen LogP contribution in [0.2, 0.25) is 0 Å². The third-order valence-electron chi connectivity index (χ3n) is 11.2. The number of aromatic nitrogens is 2. The van der Waals surface area contributed by atoms with Gasteiger partial charge in [-0.2, -0.15) is 0 Å². The lowest BCUT2D eigenvalue weighted by atomic mass is 9.84. The summed E-state index contributed by atoms with van der Waals surface area (Å²) in [6.07, 6.45) is 9.05. The van der Waals surface area contributed by atoms with E-state index in [0.29, 0.717) is 31.2 Å². The molecule has 3 fully saturated rings. The first-order chi connectivity index (χ1) is 27.1. The Labute approximate surface area is 332 Å². The van der Waals surface area contributed by atoms with E-state index in [0.717, 1.165) is 79.8 Å². The number of carbonyl (C=O) groups excluding carboxylic acids is 1. The van der Waals surface area contributed by atoms with E-state index in [-0.39, 0.29) is 28.5 Å². The van der Waals surface area contributed by atoms with E-state index >= 15 is 0 Å². The minimum atomic E-state index is -4.54. The maximum absolute atomic E-state index is 13.9. The van der Waals surface area contributed by atoms with Crippen LogP contribution in [0.25, 0.3) is 11.0 Å². The topological polar surface area (TPSA) is 172 Å². The molecule has 3 N–H and O–H groups in total. The fourth-order valence-corrected chi connectivity index (χ4v) is 9.67. The molecule has 3 aromatic carbocycles. The van der Waals surface area contributed by atoms with Crippen LogP contribution in [0.1, 0.15) is 48.9 Å². The molecule has 0 aliphatic carbocycles. The number of halogens is 1. The number of piperidine rings is 1. The van der Waals surface area contributed by atoms with Gasteiger partial charge in [-0.1, -0.05) is 12.1 Å². The Morgan fingerprint density at radius 2 is 1.84 bits per heavy atom. The number of nitro groups is 1. The molecule has 3 aliphatic rings. The van der Waals surface area contributed by atoms with Crippen molar-refractivity contribution in [3.63, 3.8) is 0 Å². The molecule has 0 radical (unpaired) electrons. The monoisotopic (exact) mass is 843 g/mol. The predicted molar refractivity (Wildman–Crippen MR) is 217 cm³/mol. The number of para-hydroxylation sites is 1. The number of aromatic amines is 1. The molecule has 5 aromatic rings. The Kier molecular flexibility index (Phi) is 10.6. The number of nitrogens with one attached hydrogen (secondary N) is 3. The minimum absolute atomic E-state index is 0.0277. The van der Waals surface area contributed by atoms with Gasteiger partial charge in [0.05, 0.1) is 27.3 Å². The van der Waals surface area contributed by atoms with Crippen molar-refractivity contribution in [1.29, 1.82) is 0 Å². The molecule has 0 unspecified atom stereocenters. The van der Waals surface area contributed by atoms with Crippen LogP contribution in [-0.4, -0.2) is 74.1 Å². The molecule has 2 aromatic heterocycles. The molecule has 292 valence electrons. The summed E-state index contributed by atoms with van der Waals surface area (Å²) in [6, 6.07) is 20.6. The summed E-state index contributed by atoms with van der Waals surface area (Å²) in [5.74, 6) is -0.167. The molecule has 8 rings (SSSR count). The second-order valence-corrected chi connectivity index (χ2v) is 17.1. The van der Waals surface area contributed by atoms with Crippen LogP contribution >= 0.6 is 15.9 Å². The largest absolute Gasteiger partial charge is 0.455 e. The number of carbonyl (C=O) groups is 1. The standard InChI is InChI=1S/C40H42BrN7O7S/c41-33-4-1-2-5-35(33)47-17-3-13-40(47)14-18-46(19-15-40)29-6-8-32(37(23-29)55-30-22-28-10-16-42-38(28)44-26-30)39(49)45-56(52,53)31-7-9-34(36(24-31)48(50)51)43-25-27-11-20-54-21-12-27/h1-2,4-10,16,22-24,26-27,43H,3,11-15,17-21,25H2,(H,42,44)(H,45,49). The third kappa shape index (κ3) is 7.77. The number of anilines is 3. The first-order valence-corrected chi connectivity index (χ1v) is 21.1. The van der Waals surface area contributed by atoms with Crippen molar-refractivity contribution in [2.45, 2.75) is 49.0 Å². The second kappa shape index (κ2) is 15.7. The molecule has 3 saturated heterocycles. The number of H-pyrrole nitrogens is 1. The summed E-state index contributed by atoms with van der Waals surface area (Å²) in [4.78, 5) is 37.1. The van der Waals surface area contributed by atoms with Crippen LogP contribution in [0.5, 0.6) is 11.5 Å². The Hall–Kier alpha value is -5.19. The molecule has 1 amide bonds. The Bertz CT molecular complexity index is 2380. The van der Waals surface area contributed by atoms with Crippen LogP contribution in [0.15, 0.2) is 94.6 Å². The maximum atomic E-state index is 13.9. The average Bonchev–Trinajstić information content (AvgIpc) is 3.84. The normalized spacial score (nSPS) is 17.3. The van der Waals surface area contributed by atoms with Crippen molar-refractivity contribution < 1.29 is 27.6 Å². The Morgan fingerprint density at radius 3 is 2.62 bits per heavy atom. The van der Waals surface area contributed by atoms with Gasteiger partial charge in [0.1, 0.15) is 22.8 Å². The smallest absolute Gasteiger partial charge is 0.293 e. The number of hydrogen-bond donors (Lipinski definition) is 3. The lowest BCUT2D eigenvalue weighted by molar-refractivity contribution is -0.384. The molecule has 16 heteroatoms. The summed E-state index contributed by atoms with van der Waals surface area (Å²) >= 11 is 3.76. The number of sulfonamides is 1. The van der Waals surface area contributed by atoms with Crippen molar-refractivity contribution >= 4 is 65.6 Å². The fourth-order valence-electron chi connectivity index (χ4n) is 8.19. The van der Waals surface area contributed by atoms with E-state index in [1.165, 1.54) is 24.0 Å². The van der Waals surface area contributed by atoms with Crippen LogP contribution in [0, 0.1) is 16.0 Å². The van der Waals surface area contributed by atoms with E-state index < -0.39 is 31.4 Å². The Balaban J connectivity index is 1.04. The minimum Gasteiger partial charge on any atom is -0.455 e. The van der Waals surface area contributed by atoms with Gasteiger partial charge in [-0.15, -0.1) is 0 Å². The number of nitro benzene ring substituents is 1. The van der Waals surface area contributed by atoms with Gasteiger partial charge >= 0.3 is 0 Å². The molecule has 0 saturated carbocycles. The maximum Gasteiger partial charge on any atom is 0.293 e. The van der Waals surface area contributed by atoms with E-state index in [1.54, 1.807) is 30.5 Å². The van der Waals surface area contributed by atoms with Gasteiger partial charge in [-0.3, -0.25) is 14.9 Å². The van der Waals surface area contributed by atoms with Crippen molar-refractivity contribution in [3.8, 4) is 11.5 Å². The van der Waals surface area contributed by atoms with E-state index in [2.05, 4.69) is 63.9 Å². The summed E-state index contributed by atoms with van der Waals surface area (Å²) in [5, 5.41) is 15.9. The number of ether oxygens (including phenoxy) is 2. The SMILES string of the molecule is O=C(NS(=O)(=O)c1ccc(NCC2CCOCC2)c([N+](=O)[O-])c1)c1ccc(N2CCC3(CCCN3c3ccccc3Br)CC2)cc1Oc1cnc2[nH]ccc2c1. The zero-order valence-electron chi connectivity index (χ0n) is 30.6. The van der Waals surface area contributed by atoms with Crippen molar-refractivity contribution in [2.24, 2.45) is 5.92 Å². The molecule has 0 atom stereocenters. The third-order valence-corrected chi connectivity index (χ3v) is 13.2. The summed E-state index contributed by atoms with van der Waals surface area (Å²) in [6.45, 7) is 4.29. The number of amides is 1. The fraction of sp³-hybridized carbons (Fsp3) is 0.350. The second-order valence-electron chi connectivity index (χ2n) is 14.6. The molecule has 0 bridgehead atoms. The zero-order valence-corrected chi connectivity index (χ0v) is 33.0. The molecule has 1 spiro atoms. The van der Waals surface area contributed by atoms with E-state index in [1.807, 2.05) is 12.1 Å². The van der Waals surface area contributed by atoms with Crippen LogP contribution < -0.4 is 24.6 Å². The first-order valence-electron chi connectivity index (χ1n) is 18.8. The number of rotatable bonds is 11. The highest BCUT2D eigenvalue weighted by molar-refractivity contribution is 9.10. The highest BCUT2D eigenvalue weighted by Gasteiger charge is 2.44. The van der Waals surface area contributed by atoms with Crippen LogP contribution in [0.3, 0.4) is 0 Å². The van der Waals surface area contributed by atoms with Gasteiger partial charge in [-0.25, -0.2) is 18.1 Å². The summed E-state index contributed by atoms with van der Waals surface area (Å²) in [7, 11) is -4.54. The Morgan fingerprint density at radius 1 is 1.04 bits per heavy atom. The number of fused-ring (bicyclic) bond motifs is 1. The zero-order chi connectivity index (χ0) is 38.9. The van der Waals surface area contributed by atoms with Crippen molar-refractivity contribution in [3.05, 3.63) is 105 Å². The van der Waals surface area contributed by atoms with E-state index in [9.17, 15) is 23.3 Å². The van der Waals surface area contributed by atoms with Crippen LogP contribution in [-0.2, 0) is 14.8 Å². The van der Waals surface area contributed by atoms with Gasteiger partial charge in [0.2, 0.25) is 0 Å². The van der Waals surface area contributed by atoms with Gasteiger partial charge in [0.15, 0.2) is 0 Å². The highest BCUT2D eigenvalue weighted by Crippen LogP contribution is 2.45. The number of nitrogens with zero attached hydrogens (tertiary/aromatic N) is 4. The lowest BCUT2D eigenvalue weighted by Crippen LogP contribution is -2.52. The summed E-state index contributed by atoms with van der Waals surface area (Å²) in [5.41, 5.74) is 2.51. The van der Waals surface area contributed by atoms with Gasteiger partial charge in [0.25, 0.3) is 21.6 Å². The summed E-state index contributed by atoms with van der Waals surface area (Å²) < 4.78 is 42.2. The molecular weight excluding hydrogens is 802 g/mol. The van der Waals surface area contributed by atoms with Crippen molar-refractivity contribution in [1.82, 2.24) is 14.7 Å². The van der Waals surface area contributed by atoms with Crippen molar-refractivity contribution in [2.75, 3.05) is 54.5 Å².